The van der Waals surface area contributed by atoms with Gasteiger partial charge in [0, 0.05) is 18.1 Å². The quantitative estimate of drug-likeness (QED) is 0.844. The monoisotopic (exact) mass is 249 g/mol. The first-order chi connectivity index (χ1) is 8.25. The van der Waals surface area contributed by atoms with Crippen LogP contribution in [-0.4, -0.2) is 21.1 Å². The third kappa shape index (κ3) is 3.32. The summed E-state index contributed by atoms with van der Waals surface area (Å²) in [5, 5.41) is 6.10. The van der Waals surface area contributed by atoms with E-state index in [0.717, 1.165) is 5.69 Å². The van der Waals surface area contributed by atoms with Crippen LogP contribution in [0.3, 0.4) is 0 Å². The maximum absolute atomic E-state index is 11.8. The van der Waals surface area contributed by atoms with E-state index < -0.39 is 5.38 Å². The molecule has 1 aromatic heterocycles. The Morgan fingerprint density at radius 2 is 2.12 bits per heavy atom. The summed E-state index contributed by atoms with van der Waals surface area (Å²) in [6.07, 6.45) is 3.42. The molecule has 1 atom stereocenters. The molecule has 0 spiro atoms. The van der Waals surface area contributed by atoms with Crippen molar-refractivity contribution in [3.8, 4) is 0 Å². The summed E-state index contributed by atoms with van der Waals surface area (Å²) in [5.74, 6) is -0.228. The molecule has 0 radical (unpaired) electrons. The molecule has 1 aromatic carbocycles. The van der Waals surface area contributed by atoms with Crippen molar-refractivity contribution >= 4 is 23.2 Å². The summed E-state index contributed by atoms with van der Waals surface area (Å²) in [7, 11) is 0. The van der Waals surface area contributed by atoms with Gasteiger partial charge in [-0.3, -0.25) is 9.48 Å². The van der Waals surface area contributed by atoms with E-state index in [0.29, 0.717) is 6.54 Å². The molecule has 88 valence electrons. The zero-order chi connectivity index (χ0) is 12.1. The van der Waals surface area contributed by atoms with Gasteiger partial charge in [0.05, 0.1) is 6.54 Å². The van der Waals surface area contributed by atoms with Gasteiger partial charge in [-0.2, -0.15) is 5.10 Å². The van der Waals surface area contributed by atoms with Gasteiger partial charge in [0.25, 0.3) is 0 Å². The van der Waals surface area contributed by atoms with Gasteiger partial charge < -0.3 is 5.32 Å². The molecule has 1 unspecified atom stereocenters. The number of nitrogens with zero attached hydrogens (tertiary/aromatic N) is 2. The molecule has 17 heavy (non-hydrogen) atoms. The zero-order valence-electron chi connectivity index (χ0n) is 9.08. The Labute approximate surface area is 104 Å². The minimum Gasteiger partial charge on any atom is -0.325 e. The molecule has 0 bridgehead atoms. The number of alkyl halides is 1. The van der Waals surface area contributed by atoms with Crippen LogP contribution in [-0.2, 0) is 11.3 Å². The number of carbonyl (C=O) groups is 1. The first-order valence-electron chi connectivity index (χ1n) is 5.23. The van der Waals surface area contributed by atoms with Crippen molar-refractivity contribution < 1.29 is 4.79 Å². The SMILES string of the molecule is O=C(Nc1ccccc1)C(Cl)Cn1cccn1. The summed E-state index contributed by atoms with van der Waals surface area (Å²) >= 11 is 6.00. The number of anilines is 1. The van der Waals surface area contributed by atoms with Crippen molar-refractivity contribution in [3.63, 3.8) is 0 Å². The highest BCUT2D eigenvalue weighted by Crippen LogP contribution is 2.08. The van der Waals surface area contributed by atoms with Gasteiger partial charge in [0.15, 0.2) is 0 Å². The van der Waals surface area contributed by atoms with Gasteiger partial charge in [-0.05, 0) is 18.2 Å². The molecule has 5 heteroatoms. The number of nitrogens with one attached hydrogen (secondary N) is 1. The van der Waals surface area contributed by atoms with Crippen molar-refractivity contribution in [1.29, 1.82) is 0 Å². The van der Waals surface area contributed by atoms with Crippen LogP contribution in [0.2, 0.25) is 0 Å². The van der Waals surface area contributed by atoms with Gasteiger partial charge in [-0.25, -0.2) is 0 Å². The van der Waals surface area contributed by atoms with Gasteiger partial charge >= 0.3 is 0 Å². The van der Waals surface area contributed by atoms with E-state index in [-0.39, 0.29) is 5.91 Å². The standard InChI is InChI=1S/C12H12ClN3O/c13-11(9-16-8-4-7-14-16)12(17)15-10-5-2-1-3-6-10/h1-8,11H,9H2,(H,15,17). The van der Waals surface area contributed by atoms with Crippen LogP contribution in [0.15, 0.2) is 48.8 Å². The number of rotatable bonds is 4. The smallest absolute Gasteiger partial charge is 0.244 e. The van der Waals surface area contributed by atoms with E-state index in [1.807, 2.05) is 30.3 Å². The lowest BCUT2D eigenvalue weighted by molar-refractivity contribution is -0.116. The lowest BCUT2D eigenvalue weighted by Gasteiger charge is -2.10. The van der Waals surface area contributed by atoms with Gasteiger partial charge in [-0.1, -0.05) is 18.2 Å². The number of hydrogen-bond donors (Lipinski definition) is 1. The maximum Gasteiger partial charge on any atom is 0.244 e. The molecule has 2 rings (SSSR count). The summed E-state index contributed by atoms with van der Waals surface area (Å²) < 4.78 is 1.63. The molecular weight excluding hydrogens is 238 g/mol. The normalized spacial score (nSPS) is 12.1. The molecule has 0 aliphatic carbocycles. The summed E-state index contributed by atoms with van der Waals surface area (Å²) in [5.41, 5.74) is 0.739. The molecule has 1 amide bonds. The molecule has 2 aromatic rings. The number of halogens is 1. The van der Waals surface area contributed by atoms with E-state index in [1.165, 1.54) is 0 Å². The van der Waals surface area contributed by atoms with Crippen molar-refractivity contribution in [3.05, 3.63) is 48.8 Å². The highest BCUT2D eigenvalue weighted by atomic mass is 35.5. The molecule has 0 aliphatic heterocycles. The molecule has 0 saturated carbocycles. The first-order valence-corrected chi connectivity index (χ1v) is 5.67. The van der Waals surface area contributed by atoms with Crippen LogP contribution in [0.25, 0.3) is 0 Å². The summed E-state index contributed by atoms with van der Waals surface area (Å²) in [4.78, 5) is 11.8. The Balaban J connectivity index is 1.92. The molecule has 1 heterocycles. The molecule has 4 nitrogen and oxygen atoms in total. The summed E-state index contributed by atoms with van der Waals surface area (Å²) in [6, 6.07) is 11.0. The number of aromatic nitrogens is 2. The Kier molecular flexibility index (Phi) is 3.77. The number of hydrogen-bond acceptors (Lipinski definition) is 2. The third-order valence-corrected chi connectivity index (χ3v) is 2.57. The first kappa shape index (κ1) is 11.7. The van der Waals surface area contributed by atoms with Gasteiger partial charge in [-0.15, -0.1) is 11.6 Å². The average molecular weight is 250 g/mol. The fraction of sp³-hybridized carbons (Fsp3) is 0.167. The Morgan fingerprint density at radius 1 is 1.35 bits per heavy atom. The van der Waals surface area contributed by atoms with Crippen LogP contribution < -0.4 is 5.32 Å². The third-order valence-electron chi connectivity index (χ3n) is 2.23. The Bertz CT molecular complexity index is 470. The largest absolute Gasteiger partial charge is 0.325 e. The Morgan fingerprint density at radius 3 is 2.76 bits per heavy atom. The minimum atomic E-state index is -0.643. The molecular formula is C12H12ClN3O. The predicted molar refractivity (Wildman–Crippen MR) is 66.9 cm³/mol. The fourth-order valence-electron chi connectivity index (χ4n) is 1.40. The van der Waals surface area contributed by atoms with Crippen molar-refractivity contribution in [1.82, 2.24) is 9.78 Å². The van der Waals surface area contributed by atoms with Crippen molar-refractivity contribution in [2.45, 2.75) is 11.9 Å². The van der Waals surface area contributed by atoms with Crippen LogP contribution in [0.4, 0.5) is 5.69 Å². The number of para-hydroxylation sites is 1. The van der Waals surface area contributed by atoms with Gasteiger partial charge in [0.2, 0.25) is 5.91 Å². The van der Waals surface area contributed by atoms with E-state index in [9.17, 15) is 4.79 Å². The van der Waals surface area contributed by atoms with Gasteiger partial charge in [0.1, 0.15) is 5.38 Å². The van der Waals surface area contributed by atoms with Crippen LogP contribution >= 0.6 is 11.6 Å². The number of benzene rings is 1. The topological polar surface area (TPSA) is 46.9 Å². The lowest BCUT2D eigenvalue weighted by Crippen LogP contribution is -2.27. The highest BCUT2D eigenvalue weighted by Gasteiger charge is 2.15. The van der Waals surface area contributed by atoms with Crippen LogP contribution in [0.1, 0.15) is 0 Å². The van der Waals surface area contributed by atoms with Crippen LogP contribution in [0, 0.1) is 0 Å². The van der Waals surface area contributed by atoms with Crippen molar-refractivity contribution in [2.75, 3.05) is 5.32 Å². The fourth-order valence-corrected chi connectivity index (χ4v) is 1.59. The summed E-state index contributed by atoms with van der Waals surface area (Å²) in [6.45, 7) is 0.354. The van der Waals surface area contributed by atoms with E-state index in [1.54, 1.807) is 23.1 Å². The second kappa shape index (κ2) is 5.50. The van der Waals surface area contributed by atoms with Crippen LogP contribution in [0.5, 0.6) is 0 Å². The second-order valence-corrected chi connectivity index (χ2v) is 4.08. The molecule has 0 aliphatic rings. The Hall–Kier alpha value is -1.81. The zero-order valence-corrected chi connectivity index (χ0v) is 9.84. The van der Waals surface area contributed by atoms with E-state index in [2.05, 4.69) is 10.4 Å². The highest BCUT2D eigenvalue weighted by molar-refractivity contribution is 6.32. The molecule has 0 fully saturated rings. The second-order valence-electron chi connectivity index (χ2n) is 3.55. The minimum absolute atomic E-state index is 0.228. The van der Waals surface area contributed by atoms with Crippen molar-refractivity contribution in [2.24, 2.45) is 0 Å². The molecule has 0 saturated heterocycles. The average Bonchev–Trinajstić information content (AvgIpc) is 2.83. The number of carbonyl (C=O) groups excluding carboxylic acids is 1. The predicted octanol–water partition coefficient (Wildman–Crippen LogP) is 2.13. The number of amides is 1. The van der Waals surface area contributed by atoms with E-state index in [4.69, 9.17) is 11.6 Å². The lowest BCUT2D eigenvalue weighted by atomic mass is 10.3. The molecule has 1 N–H and O–H groups in total. The van der Waals surface area contributed by atoms with E-state index >= 15 is 0 Å². The maximum atomic E-state index is 11.8.